The van der Waals surface area contributed by atoms with Crippen LogP contribution in [0, 0.1) is 0 Å². The minimum Gasteiger partial charge on any atom is -0.311 e. The van der Waals surface area contributed by atoms with Crippen molar-refractivity contribution in [1.29, 1.82) is 0 Å². The van der Waals surface area contributed by atoms with Crippen molar-refractivity contribution in [2.75, 3.05) is 13.1 Å². The highest BCUT2D eigenvalue weighted by molar-refractivity contribution is 4.87. The normalized spacial score (nSPS) is 30.4. The third kappa shape index (κ3) is 3.46. The summed E-state index contributed by atoms with van der Waals surface area (Å²) in [6.07, 6.45) is 5.17. The molecule has 1 rings (SSSR count). The summed E-state index contributed by atoms with van der Waals surface area (Å²) >= 11 is 0. The highest BCUT2D eigenvalue weighted by Crippen LogP contribution is 2.18. The highest BCUT2D eigenvalue weighted by atomic mass is 15.2. The van der Waals surface area contributed by atoms with Gasteiger partial charge in [0.05, 0.1) is 0 Å². The lowest BCUT2D eigenvalue weighted by molar-refractivity contribution is 0.0801. The summed E-state index contributed by atoms with van der Waals surface area (Å²) in [5.74, 6) is 0. The second-order valence-electron chi connectivity index (χ2n) is 4.91. The number of rotatable bonds is 5. The Morgan fingerprint density at radius 3 is 2.60 bits per heavy atom. The molecule has 1 heterocycles. The van der Waals surface area contributed by atoms with Gasteiger partial charge in [-0.3, -0.25) is 4.90 Å². The Labute approximate surface area is 95.4 Å². The van der Waals surface area contributed by atoms with Gasteiger partial charge in [0.25, 0.3) is 0 Å². The Hall–Kier alpha value is -0.0800. The monoisotopic (exact) mass is 212 g/mol. The quantitative estimate of drug-likeness (QED) is 0.753. The van der Waals surface area contributed by atoms with Crippen molar-refractivity contribution in [3.05, 3.63) is 0 Å². The van der Waals surface area contributed by atoms with Gasteiger partial charge in [0.2, 0.25) is 0 Å². The molecule has 2 heteroatoms. The molecule has 3 unspecified atom stereocenters. The van der Waals surface area contributed by atoms with Crippen molar-refractivity contribution in [3.63, 3.8) is 0 Å². The molecule has 1 aliphatic rings. The van der Waals surface area contributed by atoms with Crippen LogP contribution in [0.3, 0.4) is 0 Å². The number of piperazine rings is 1. The summed E-state index contributed by atoms with van der Waals surface area (Å²) in [7, 11) is 0. The van der Waals surface area contributed by atoms with Crippen LogP contribution in [-0.2, 0) is 0 Å². The molecule has 0 spiro atoms. The summed E-state index contributed by atoms with van der Waals surface area (Å²) in [6, 6.07) is 2.23. The van der Waals surface area contributed by atoms with E-state index in [0.29, 0.717) is 6.04 Å². The van der Waals surface area contributed by atoms with Gasteiger partial charge in [-0.15, -0.1) is 0 Å². The van der Waals surface area contributed by atoms with E-state index in [-0.39, 0.29) is 0 Å². The first kappa shape index (κ1) is 13.0. The van der Waals surface area contributed by atoms with E-state index in [1.165, 1.54) is 38.8 Å². The first-order valence-corrected chi connectivity index (χ1v) is 6.71. The van der Waals surface area contributed by atoms with E-state index in [4.69, 9.17) is 0 Å². The molecule has 0 aromatic heterocycles. The summed E-state index contributed by atoms with van der Waals surface area (Å²) in [4.78, 5) is 2.73. The first-order chi connectivity index (χ1) is 7.22. The van der Waals surface area contributed by atoms with E-state index in [0.717, 1.165) is 12.1 Å². The van der Waals surface area contributed by atoms with Crippen LogP contribution in [-0.4, -0.2) is 36.1 Å². The Morgan fingerprint density at radius 1 is 1.33 bits per heavy atom. The number of hydrogen-bond donors (Lipinski definition) is 1. The van der Waals surface area contributed by atoms with Gasteiger partial charge in [-0.05, 0) is 26.2 Å². The van der Waals surface area contributed by atoms with Crippen LogP contribution in [0.2, 0.25) is 0 Å². The number of hydrogen-bond acceptors (Lipinski definition) is 2. The molecule has 0 aromatic carbocycles. The molecule has 15 heavy (non-hydrogen) atoms. The molecule has 1 saturated heterocycles. The van der Waals surface area contributed by atoms with Crippen LogP contribution < -0.4 is 5.32 Å². The van der Waals surface area contributed by atoms with Crippen molar-refractivity contribution < 1.29 is 0 Å². The largest absolute Gasteiger partial charge is 0.311 e. The molecule has 1 aliphatic heterocycles. The van der Waals surface area contributed by atoms with Gasteiger partial charge in [0, 0.05) is 31.2 Å². The zero-order valence-corrected chi connectivity index (χ0v) is 10.9. The molecule has 90 valence electrons. The SMILES string of the molecule is CCCC1CNC(CC)CN1C(C)CC. The van der Waals surface area contributed by atoms with Crippen molar-refractivity contribution >= 4 is 0 Å². The van der Waals surface area contributed by atoms with E-state index in [9.17, 15) is 0 Å². The Morgan fingerprint density at radius 2 is 2.07 bits per heavy atom. The van der Waals surface area contributed by atoms with E-state index >= 15 is 0 Å². The zero-order chi connectivity index (χ0) is 11.3. The van der Waals surface area contributed by atoms with Crippen LogP contribution in [0.5, 0.6) is 0 Å². The lowest BCUT2D eigenvalue weighted by atomic mass is 10.0. The first-order valence-electron chi connectivity index (χ1n) is 6.71. The summed E-state index contributed by atoms with van der Waals surface area (Å²) in [6.45, 7) is 11.7. The minimum absolute atomic E-state index is 0.715. The average molecular weight is 212 g/mol. The third-order valence-corrected chi connectivity index (χ3v) is 3.81. The second kappa shape index (κ2) is 6.49. The third-order valence-electron chi connectivity index (χ3n) is 3.81. The Bertz CT molecular complexity index is 170. The van der Waals surface area contributed by atoms with Crippen molar-refractivity contribution in [2.24, 2.45) is 0 Å². The van der Waals surface area contributed by atoms with Crippen LogP contribution in [0.1, 0.15) is 53.4 Å². The predicted octanol–water partition coefficient (Wildman–Crippen LogP) is 2.64. The lowest BCUT2D eigenvalue weighted by Gasteiger charge is -2.43. The fourth-order valence-corrected chi connectivity index (χ4v) is 2.54. The van der Waals surface area contributed by atoms with E-state index in [2.05, 4.69) is 37.9 Å². The Balaban J connectivity index is 2.55. The summed E-state index contributed by atoms with van der Waals surface area (Å²) in [5.41, 5.74) is 0. The summed E-state index contributed by atoms with van der Waals surface area (Å²) in [5, 5.41) is 3.67. The fourth-order valence-electron chi connectivity index (χ4n) is 2.54. The zero-order valence-electron chi connectivity index (χ0n) is 10.9. The van der Waals surface area contributed by atoms with Gasteiger partial charge < -0.3 is 5.32 Å². The number of nitrogens with one attached hydrogen (secondary N) is 1. The molecule has 0 saturated carbocycles. The standard InChI is InChI=1S/C13H28N2/c1-5-8-13-9-14-12(7-3)10-15(13)11(4)6-2/h11-14H,5-10H2,1-4H3. The maximum atomic E-state index is 3.67. The van der Waals surface area contributed by atoms with Gasteiger partial charge in [0.15, 0.2) is 0 Å². The molecule has 2 nitrogen and oxygen atoms in total. The predicted molar refractivity (Wildman–Crippen MR) is 67.2 cm³/mol. The fraction of sp³-hybridized carbons (Fsp3) is 1.00. The smallest absolute Gasteiger partial charge is 0.0224 e. The molecule has 1 fully saturated rings. The van der Waals surface area contributed by atoms with Gasteiger partial charge in [-0.25, -0.2) is 0 Å². The Kier molecular flexibility index (Phi) is 5.62. The molecule has 0 amide bonds. The van der Waals surface area contributed by atoms with Crippen LogP contribution in [0.25, 0.3) is 0 Å². The molecule has 1 N–H and O–H groups in total. The van der Waals surface area contributed by atoms with Gasteiger partial charge in [-0.2, -0.15) is 0 Å². The van der Waals surface area contributed by atoms with Crippen LogP contribution in [0.4, 0.5) is 0 Å². The van der Waals surface area contributed by atoms with Crippen molar-refractivity contribution in [3.8, 4) is 0 Å². The maximum absolute atomic E-state index is 3.67. The molecular weight excluding hydrogens is 184 g/mol. The van der Waals surface area contributed by atoms with Gasteiger partial charge in [0.1, 0.15) is 0 Å². The van der Waals surface area contributed by atoms with E-state index in [1.807, 2.05) is 0 Å². The number of nitrogens with zero attached hydrogens (tertiary/aromatic N) is 1. The van der Waals surface area contributed by atoms with Crippen LogP contribution in [0.15, 0.2) is 0 Å². The molecule has 0 bridgehead atoms. The van der Waals surface area contributed by atoms with Gasteiger partial charge in [-0.1, -0.05) is 27.2 Å². The molecule has 0 radical (unpaired) electrons. The van der Waals surface area contributed by atoms with E-state index < -0.39 is 0 Å². The van der Waals surface area contributed by atoms with Crippen molar-refractivity contribution in [2.45, 2.75) is 71.5 Å². The van der Waals surface area contributed by atoms with Crippen molar-refractivity contribution in [1.82, 2.24) is 10.2 Å². The average Bonchev–Trinajstić information content (AvgIpc) is 2.29. The molecule has 3 atom stereocenters. The maximum Gasteiger partial charge on any atom is 0.0224 e. The highest BCUT2D eigenvalue weighted by Gasteiger charge is 2.28. The molecular formula is C13H28N2. The summed E-state index contributed by atoms with van der Waals surface area (Å²) < 4.78 is 0. The second-order valence-corrected chi connectivity index (χ2v) is 4.91. The lowest BCUT2D eigenvalue weighted by Crippen LogP contribution is -2.58. The van der Waals surface area contributed by atoms with Crippen LogP contribution >= 0.6 is 0 Å². The minimum atomic E-state index is 0.715. The van der Waals surface area contributed by atoms with E-state index in [1.54, 1.807) is 0 Å². The van der Waals surface area contributed by atoms with Gasteiger partial charge >= 0.3 is 0 Å². The molecule has 0 aliphatic carbocycles. The molecule has 0 aromatic rings. The topological polar surface area (TPSA) is 15.3 Å².